The summed E-state index contributed by atoms with van der Waals surface area (Å²) in [6, 6.07) is 22.2. The second-order valence-electron chi connectivity index (χ2n) is 18.2. The quantitative estimate of drug-likeness (QED) is 0.0955. The van der Waals surface area contributed by atoms with Gasteiger partial charge in [-0.15, -0.1) is 34.3 Å². The van der Waals surface area contributed by atoms with Gasteiger partial charge in [0.2, 0.25) is 21.7 Å². The molecule has 0 saturated carbocycles. The predicted molar refractivity (Wildman–Crippen MR) is 704 cm³/mol. The van der Waals surface area contributed by atoms with Gasteiger partial charge < -0.3 is 14.6 Å². The van der Waals surface area contributed by atoms with Crippen molar-refractivity contribution in [1.29, 1.82) is 0 Å². The normalized spacial score (nSPS) is 9.76. The summed E-state index contributed by atoms with van der Waals surface area (Å²) >= 11 is 26.6. The minimum absolute atomic E-state index is 0.00728. The van der Waals surface area contributed by atoms with Crippen LogP contribution in [0.5, 0.6) is 11.5 Å². The Labute approximate surface area is 908 Å². The first-order valence-corrected chi connectivity index (χ1v) is 112. The van der Waals surface area contributed by atoms with Gasteiger partial charge in [-0.1, -0.05) is 48.5 Å². The van der Waals surface area contributed by atoms with Crippen molar-refractivity contribution in [3.8, 4) is 11.5 Å². The maximum atomic E-state index is 13.3. The highest BCUT2D eigenvalue weighted by Gasteiger charge is 2.24. The molecule has 125 heavy (non-hydrogen) atoms. The Morgan fingerprint density at radius 3 is 0.640 bits per heavy atom. The first-order chi connectivity index (χ1) is 60.9. The molecule has 10 rings (SSSR count). The molecule has 2 aromatic heterocycles. The molecule has 8 aromatic carbocycles. The van der Waals surface area contributed by atoms with E-state index in [0.29, 0.717) is 42.2 Å². The van der Waals surface area contributed by atoms with Gasteiger partial charge in [-0.25, -0.2) is 0 Å². The lowest BCUT2D eigenvalue weighted by Gasteiger charge is -2.06. The van der Waals surface area contributed by atoms with Crippen LogP contribution in [0.2, 0.25) is 0 Å². The van der Waals surface area contributed by atoms with Crippen LogP contribution in [0, 0.1) is 0 Å². The van der Waals surface area contributed by atoms with Crippen LogP contribution in [-0.2, 0) is 550 Å². The van der Waals surface area contributed by atoms with Crippen molar-refractivity contribution in [3.05, 3.63) is 167 Å². The Kier molecular flexibility index (Phi) is 73.4. The maximum absolute atomic E-state index is 13.3. The van der Waals surface area contributed by atoms with E-state index in [0.717, 1.165) is 22.7 Å². The number of halogens is 3. The Morgan fingerprint density at radius 2 is 0.448 bits per heavy atom. The van der Waals surface area contributed by atoms with Crippen LogP contribution in [0.25, 0.3) is 83.4 Å². The van der Waals surface area contributed by atoms with E-state index in [1.165, 1.54) is 53.7 Å². The summed E-state index contributed by atoms with van der Waals surface area (Å²) in [5.41, 5.74) is -3.17. The number of hydrogen-bond donors (Lipinski definition) is 1. The van der Waals surface area contributed by atoms with Crippen LogP contribution in [0.4, 0.5) is 0 Å². The van der Waals surface area contributed by atoms with Gasteiger partial charge in [0.1, 0.15) is 11.5 Å². The van der Waals surface area contributed by atoms with Crippen LogP contribution < -0.4 is 52.9 Å². The first kappa shape index (κ1) is 121. The van der Waals surface area contributed by atoms with Gasteiger partial charge in [-0.3, -0.25) is 38.4 Å². The van der Waals surface area contributed by atoms with E-state index in [4.69, 9.17) is 79.4 Å². The topological polar surface area (TPSA) is 209 Å². The fraction of sp³-hybridized carbons (Fsp3) is 0.130. The molecule has 0 fully saturated rings. The lowest BCUT2D eigenvalue weighted by atomic mass is 10.0. The molecule has 13 nitrogen and oxygen atoms in total. The maximum Gasteiger partial charge on any atom is 0.317 e. The molecule has 0 saturated heterocycles. The Hall–Kier alpha value is 7.22. The largest absolute Gasteiger partial charge is 0.494 e. The fourth-order valence-corrected chi connectivity index (χ4v) is 153. The SMILES string of the molecule is O=S(=O)(Cl)Cl.O=c1c2ccccc2c(=O)c2c1sc1c(=O)c3ccc(OCCCCl)cc3c(=O)c12.O=c1c2ccccc2c(=O)c2c1sc1c(=O)c3ccc(OCCCO)cc3c(=O)c12.S=S=S=S=S=S=S=S=S=S=S=S=S=S=S=S=S=S=S=S=S=S=S=S=S=S=S=S=S.S=S=S=S=S=S=S=S=S=S=S=S=S=S=S=S=S=S=S=S=S=S=S=S=S=S=S=S=S=S=S. The number of rotatable bonds is 8. The number of aliphatic hydroxyl groups excluding tert-OH is 1. The number of fused-ring (bicyclic) bond motifs is 10. The zero-order valence-corrected chi connectivity index (χ0v) is 111. The van der Waals surface area contributed by atoms with E-state index < -0.39 is 30.0 Å². The number of aliphatic hydroxyl groups is 1. The van der Waals surface area contributed by atoms with E-state index in [9.17, 15) is 38.4 Å². The van der Waals surface area contributed by atoms with E-state index in [-0.39, 0.29) is 113 Å². The molecular weight excluding hydrogens is 2890 g/mol. The predicted octanol–water partition coefficient (Wildman–Crippen LogP) is 6.69. The van der Waals surface area contributed by atoms with Crippen molar-refractivity contribution >= 4 is 689 Å². The smallest absolute Gasteiger partial charge is 0.317 e. The molecule has 0 aliphatic rings. The standard InChI is InChI=1S/C23H13ClO5S.C23H14O6S.Cl2O2S.S31.S29/c2*24-8-3-9-29-11-6-7-14-15(10-11)19(26)17-16-18(25)12-4-1-2-5-13(12)20(27)22(16)30-23(17)21(14)28;1-5(2,3)4;1-3-5-7-9-11-13-15-17-19-21-23-25-27-29-31-30-28-26-24-22-20-18-16-14-12-10-8-6-4-2;1-3-5-7-9-11-13-15-17-19-21-23-25-27-29-28-26-24-22-20-18-16-14-12-10-8-6-4-2/h1-2,4-7,10H,3,8-9H2;1-2,4-7,10,24H,3,8-9H2;;;. The van der Waals surface area contributed by atoms with Crippen molar-refractivity contribution in [2.75, 3.05) is 25.7 Å². The lowest BCUT2D eigenvalue weighted by Crippen LogP contribution is -2.15. The Balaban J connectivity index is 0.000000253. The number of benzene rings is 8. The second-order valence-corrected chi connectivity index (χ2v) is 123. The van der Waals surface area contributed by atoms with Gasteiger partial charge in [0.25, 0.3) is 0 Å². The molecule has 79 heteroatoms. The molecule has 2 heterocycles. The van der Waals surface area contributed by atoms with Crippen molar-refractivity contribution in [2.45, 2.75) is 12.8 Å². The van der Waals surface area contributed by atoms with Gasteiger partial charge in [-0.05, 0) is 42.8 Å². The summed E-state index contributed by atoms with van der Waals surface area (Å²) in [6.45, 7) is 0.623. The number of ether oxygens (including phenoxy) is 2. The van der Waals surface area contributed by atoms with Gasteiger partial charge in [0.15, 0.2) is 21.7 Å². The zero-order chi connectivity index (χ0) is 90.1. The summed E-state index contributed by atoms with van der Waals surface area (Å²) in [7, 11) is 103. The summed E-state index contributed by atoms with van der Waals surface area (Å²) in [5.74, 6) is 1.29. The Bertz CT molecular complexity index is 8990. The average Bonchev–Trinajstić information content (AvgIpc) is 1.58. The molecule has 0 bridgehead atoms. The molecule has 688 valence electrons. The third-order valence-electron chi connectivity index (χ3n) is 12.0. The highest BCUT2D eigenvalue weighted by atomic mass is 36.0. The van der Waals surface area contributed by atoms with Crippen LogP contribution >= 0.6 is 55.6 Å². The van der Waals surface area contributed by atoms with Crippen molar-refractivity contribution < 1.29 is 23.0 Å². The molecular formula is C46H27Cl3O13S63. The minimum Gasteiger partial charge on any atom is -0.494 e. The highest BCUT2D eigenvalue weighted by Crippen LogP contribution is 2.32. The molecule has 0 spiro atoms. The highest BCUT2D eigenvalue weighted by molar-refractivity contribution is 8.82. The molecule has 0 aliphatic carbocycles. The number of alkyl halides is 1. The summed E-state index contributed by atoms with van der Waals surface area (Å²) in [5, 5.41) is 10.8. The monoisotopic (exact) mass is 2910 g/mol. The summed E-state index contributed by atoms with van der Waals surface area (Å²) in [4.78, 5) is 105. The molecule has 0 atom stereocenters. The van der Waals surface area contributed by atoms with Gasteiger partial charge in [-0.2, -0.15) is 8.42 Å². The van der Waals surface area contributed by atoms with E-state index >= 15 is 0 Å². The van der Waals surface area contributed by atoms with Crippen molar-refractivity contribution in [1.82, 2.24) is 0 Å². The minimum atomic E-state index is -3.72. The summed E-state index contributed by atoms with van der Waals surface area (Å²) < 4.78 is 30.0. The molecule has 0 aliphatic heterocycles. The van der Waals surface area contributed by atoms with Crippen molar-refractivity contribution in [3.63, 3.8) is 0 Å². The molecule has 0 amide bonds. The molecule has 1 N–H and O–H groups in total. The van der Waals surface area contributed by atoms with Gasteiger partial charge in [0, 0.05) is 625 Å². The van der Waals surface area contributed by atoms with Crippen LogP contribution in [0.3, 0.4) is 0 Å². The first-order valence-electron chi connectivity index (χ1n) is 29.0. The average molecular weight is 2910 g/mol. The molecule has 0 radical (unpaired) electrons. The Morgan fingerprint density at radius 1 is 0.272 bits per heavy atom. The molecule has 0 unspecified atom stereocenters. The van der Waals surface area contributed by atoms with E-state index in [1.54, 1.807) is 298 Å². The zero-order valence-electron chi connectivity index (χ0n) is 57.5. The lowest BCUT2D eigenvalue weighted by molar-refractivity contribution is 0.234. The van der Waals surface area contributed by atoms with E-state index in [1.807, 2.05) is 231 Å². The fourth-order valence-electron chi connectivity index (χ4n) is 8.24. The third-order valence-corrected chi connectivity index (χ3v) is 135. The van der Waals surface area contributed by atoms with Gasteiger partial charge >= 0.3 is 8.26 Å². The van der Waals surface area contributed by atoms with Crippen molar-refractivity contribution in [2.24, 2.45) is 0 Å². The van der Waals surface area contributed by atoms with Crippen LogP contribution in [0.1, 0.15) is 12.8 Å². The van der Waals surface area contributed by atoms with Crippen LogP contribution in [-0.4, -0.2) is 39.2 Å². The van der Waals surface area contributed by atoms with Crippen LogP contribution in [0.15, 0.2) is 123 Å². The number of thiophene rings is 2. The molecule has 10 aromatic rings. The number of hydrogen-bond acceptors (Lipinski definition) is 19. The third kappa shape index (κ3) is 47.3. The van der Waals surface area contributed by atoms with E-state index in [2.05, 4.69) is 21.4 Å². The second kappa shape index (κ2) is 75.9. The van der Waals surface area contributed by atoms with Gasteiger partial charge in [0.05, 0.1) is 53.6 Å². The summed E-state index contributed by atoms with van der Waals surface area (Å²) in [6.07, 6.45) is 1.08.